The predicted molar refractivity (Wildman–Crippen MR) is 84.5 cm³/mol. The molecule has 6 nitrogen and oxygen atoms in total. The number of carbonyl (C=O) groups excluding carboxylic acids is 1. The van der Waals surface area contributed by atoms with E-state index < -0.39 is 23.7 Å². The van der Waals surface area contributed by atoms with Crippen LogP contribution >= 0.6 is 0 Å². The van der Waals surface area contributed by atoms with Gasteiger partial charge in [-0.2, -0.15) is 13.2 Å². The summed E-state index contributed by atoms with van der Waals surface area (Å²) < 4.78 is 44.2. The Labute approximate surface area is 143 Å². The monoisotopic (exact) mass is 356 g/mol. The molecule has 0 atom stereocenters. The molecule has 2 rings (SSSR count). The molecule has 0 saturated carbocycles. The van der Waals surface area contributed by atoms with Crippen LogP contribution in [0.15, 0.2) is 24.3 Å². The molecular formula is C16H19F3N4O2. The van der Waals surface area contributed by atoms with E-state index in [4.69, 9.17) is 4.74 Å². The molecule has 0 aliphatic heterocycles. The second kappa shape index (κ2) is 6.73. The first-order chi connectivity index (χ1) is 11.5. The number of nitrogens with zero attached hydrogens (tertiary/aromatic N) is 3. The highest BCUT2D eigenvalue weighted by Crippen LogP contribution is 2.28. The lowest BCUT2D eigenvalue weighted by Gasteiger charge is -2.19. The first-order valence-corrected chi connectivity index (χ1v) is 7.50. The number of ether oxygens (including phenoxy) is 1. The number of hydrogen-bond donors (Lipinski definition) is 1. The van der Waals surface area contributed by atoms with Crippen molar-refractivity contribution in [2.75, 3.05) is 0 Å². The fourth-order valence-corrected chi connectivity index (χ4v) is 2.02. The molecule has 0 fully saturated rings. The fourth-order valence-electron chi connectivity index (χ4n) is 2.02. The molecule has 0 aliphatic carbocycles. The van der Waals surface area contributed by atoms with E-state index in [0.29, 0.717) is 5.56 Å². The molecule has 1 heterocycles. The largest absolute Gasteiger partial charge is 0.453 e. The maximum absolute atomic E-state index is 12.7. The maximum Gasteiger partial charge on any atom is 0.453 e. The van der Waals surface area contributed by atoms with E-state index in [1.807, 2.05) is 0 Å². The summed E-state index contributed by atoms with van der Waals surface area (Å²) in [5.41, 5.74) is 0.675. The van der Waals surface area contributed by atoms with Crippen molar-refractivity contribution in [3.63, 3.8) is 0 Å². The van der Waals surface area contributed by atoms with Crippen molar-refractivity contribution in [3.8, 4) is 11.4 Å². The van der Waals surface area contributed by atoms with Crippen molar-refractivity contribution in [1.29, 1.82) is 0 Å². The average Bonchev–Trinajstić information content (AvgIpc) is 2.86. The number of nitrogens with one attached hydrogen (secondary N) is 1. The van der Waals surface area contributed by atoms with Gasteiger partial charge in [-0.25, -0.2) is 14.5 Å². The molecule has 0 radical (unpaired) electrons. The van der Waals surface area contributed by atoms with Gasteiger partial charge in [-0.3, -0.25) is 0 Å². The summed E-state index contributed by atoms with van der Waals surface area (Å²) in [5, 5.41) is 5.99. The average molecular weight is 356 g/mol. The maximum atomic E-state index is 12.7. The summed E-state index contributed by atoms with van der Waals surface area (Å²) in [5.74, 6) is -1.07. The zero-order valence-electron chi connectivity index (χ0n) is 14.3. The van der Waals surface area contributed by atoms with Crippen LogP contribution in [0.3, 0.4) is 0 Å². The van der Waals surface area contributed by atoms with Crippen LogP contribution in [0.25, 0.3) is 11.4 Å². The number of halogens is 3. The molecule has 1 aromatic carbocycles. The number of alkyl halides is 3. The lowest BCUT2D eigenvalue weighted by molar-refractivity contribution is -0.144. The second-order valence-electron chi connectivity index (χ2n) is 6.43. The zero-order chi connectivity index (χ0) is 18.8. The van der Waals surface area contributed by atoms with Crippen molar-refractivity contribution in [3.05, 3.63) is 35.7 Å². The number of amides is 1. The van der Waals surface area contributed by atoms with Gasteiger partial charge in [0.25, 0.3) is 5.82 Å². The Hall–Kier alpha value is -2.58. The number of benzene rings is 1. The molecule has 0 aliphatic rings. The zero-order valence-corrected chi connectivity index (χ0v) is 14.3. The van der Waals surface area contributed by atoms with E-state index in [0.717, 1.165) is 10.2 Å². The highest BCUT2D eigenvalue weighted by Gasteiger charge is 2.36. The summed E-state index contributed by atoms with van der Waals surface area (Å²) in [6, 6.07) is 6.62. The summed E-state index contributed by atoms with van der Waals surface area (Å²) in [6.45, 7) is 5.52. The number of hydrogen-bond acceptors (Lipinski definition) is 4. The Morgan fingerprint density at radius 2 is 1.80 bits per heavy atom. The topological polar surface area (TPSA) is 69.0 Å². The van der Waals surface area contributed by atoms with Gasteiger partial charge in [0, 0.05) is 19.2 Å². The van der Waals surface area contributed by atoms with E-state index in [1.54, 1.807) is 45.0 Å². The number of rotatable bonds is 3. The van der Waals surface area contributed by atoms with E-state index in [2.05, 4.69) is 15.4 Å². The summed E-state index contributed by atoms with van der Waals surface area (Å²) >= 11 is 0. The molecule has 0 bridgehead atoms. The van der Waals surface area contributed by atoms with Crippen LogP contribution in [0, 0.1) is 0 Å². The van der Waals surface area contributed by atoms with Crippen LogP contribution < -0.4 is 5.32 Å². The molecule has 1 N–H and O–H groups in total. The summed E-state index contributed by atoms with van der Waals surface area (Å²) in [6.07, 6.45) is -5.13. The minimum atomic E-state index is -4.59. The number of alkyl carbamates (subject to hydrolysis) is 1. The Bertz CT molecular complexity index is 746. The molecule has 1 aromatic heterocycles. The third kappa shape index (κ3) is 5.20. The lowest BCUT2D eigenvalue weighted by atomic mass is 10.1. The van der Waals surface area contributed by atoms with Crippen molar-refractivity contribution in [2.45, 2.75) is 39.1 Å². The van der Waals surface area contributed by atoms with Crippen LogP contribution in [0.4, 0.5) is 18.0 Å². The Morgan fingerprint density at radius 1 is 1.20 bits per heavy atom. The van der Waals surface area contributed by atoms with Gasteiger partial charge in [0.1, 0.15) is 5.60 Å². The second-order valence-corrected chi connectivity index (χ2v) is 6.43. The first kappa shape index (κ1) is 18.8. The van der Waals surface area contributed by atoms with Gasteiger partial charge < -0.3 is 10.1 Å². The van der Waals surface area contributed by atoms with Crippen molar-refractivity contribution in [2.24, 2.45) is 7.05 Å². The molecule has 25 heavy (non-hydrogen) atoms. The van der Waals surface area contributed by atoms with E-state index in [-0.39, 0.29) is 12.4 Å². The quantitative estimate of drug-likeness (QED) is 0.914. The molecule has 0 saturated heterocycles. The first-order valence-electron chi connectivity index (χ1n) is 7.50. The SMILES string of the molecule is Cn1nc(C(F)(F)F)nc1-c1ccc(CNC(=O)OC(C)(C)C)cc1. The lowest BCUT2D eigenvalue weighted by Crippen LogP contribution is -2.32. The third-order valence-electron chi connectivity index (χ3n) is 3.06. The van der Waals surface area contributed by atoms with Crippen molar-refractivity contribution in [1.82, 2.24) is 20.1 Å². The van der Waals surface area contributed by atoms with Gasteiger partial charge in [-0.05, 0) is 26.3 Å². The van der Waals surface area contributed by atoms with Gasteiger partial charge in [0.05, 0.1) is 0 Å². The molecule has 0 unspecified atom stereocenters. The highest BCUT2D eigenvalue weighted by molar-refractivity contribution is 5.67. The van der Waals surface area contributed by atoms with Gasteiger partial charge in [-0.1, -0.05) is 24.3 Å². The molecule has 9 heteroatoms. The summed E-state index contributed by atoms with van der Waals surface area (Å²) in [7, 11) is 1.40. The van der Waals surface area contributed by atoms with E-state index in [9.17, 15) is 18.0 Å². The van der Waals surface area contributed by atoms with Crippen LogP contribution in [0.2, 0.25) is 0 Å². The molecule has 0 spiro atoms. The minimum Gasteiger partial charge on any atom is -0.444 e. The standard InChI is InChI=1S/C16H19F3N4O2/c1-15(2,3)25-14(24)20-9-10-5-7-11(8-6-10)12-21-13(16(17,18)19)22-23(12)4/h5-8H,9H2,1-4H3,(H,20,24). The molecule has 1 amide bonds. The Kier molecular flexibility index (Phi) is 5.05. The smallest absolute Gasteiger partial charge is 0.444 e. The summed E-state index contributed by atoms with van der Waals surface area (Å²) in [4.78, 5) is 15.1. The van der Waals surface area contributed by atoms with Crippen molar-refractivity contribution >= 4 is 6.09 Å². The van der Waals surface area contributed by atoms with Gasteiger partial charge in [-0.15, -0.1) is 5.10 Å². The Balaban J connectivity index is 2.05. The number of aromatic nitrogens is 3. The minimum absolute atomic E-state index is 0.110. The van der Waals surface area contributed by atoms with E-state index in [1.165, 1.54) is 7.05 Å². The Morgan fingerprint density at radius 3 is 2.28 bits per heavy atom. The van der Waals surface area contributed by atoms with Gasteiger partial charge in [0.2, 0.25) is 0 Å². The van der Waals surface area contributed by atoms with Crippen LogP contribution in [0.1, 0.15) is 32.2 Å². The van der Waals surface area contributed by atoms with Gasteiger partial charge in [0.15, 0.2) is 5.82 Å². The molecule has 2 aromatic rings. The van der Waals surface area contributed by atoms with E-state index >= 15 is 0 Å². The molecular weight excluding hydrogens is 337 g/mol. The normalized spacial score (nSPS) is 12.1. The predicted octanol–water partition coefficient (Wildman–Crippen LogP) is 3.53. The number of carbonyl (C=O) groups is 1. The number of aryl methyl sites for hydroxylation is 1. The van der Waals surface area contributed by atoms with Crippen LogP contribution in [-0.2, 0) is 24.5 Å². The van der Waals surface area contributed by atoms with Crippen LogP contribution in [0.5, 0.6) is 0 Å². The highest BCUT2D eigenvalue weighted by atomic mass is 19.4. The molecule has 136 valence electrons. The van der Waals surface area contributed by atoms with Gasteiger partial charge >= 0.3 is 12.3 Å². The van der Waals surface area contributed by atoms with Crippen LogP contribution in [-0.4, -0.2) is 26.5 Å². The third-order valence-corrected chi connectivity index (χ3v) is 3.06. The fraction of sp³-hybridized carbons (Fsp3) is 0.438. The van der Waals surface area contributed by atoms with Crippen molar-refractivity contribution < 1.29 is 22.7 Å².